The third-order valence-corrected chi connectivity index (χ3v) is 0.601. The van der Waals surface area contributed by atoms with E-state index in [9.17, 15) is 0 Å². The molecule has 0 heterocycles. The van der Waals surface area contributed by atoms with Crippen LogP contribution < -0.4 is 0 Å². The molecular formula is C4H9NO2. The van der Waals surface area contributed by atoms with E-state index < -0.39 is 6.29 Å². The van der Waals surface area contributed by atoms with Crippen molar-refractivity contribution in [2.45, 2.75) is 6.29 Å². The summed E-state index contributed by atoms with van der Waals surface area (Å²) in [6.07, 6.45) is 0.611. The van der Waals surface area contributed by atoms with Gasteiger partial charge in [0.05, 0.1) is 6.21 Å². The number of nitrogens with one attached hydrogen (secondary N) is 1. The van der Waals surface area contributed by atoms with Crippen LogP contribution in [-0.4, -0.2) is 26.7 Å². The Morgan fingerprint density at radius 1 is 1.43 bits per heavy atom. The Morgan fingerprint density at radius 3 is 1.86 bits per heavy atom. The van der Waals surface area contributed by atoms with E-state index in [0.29, 0.717) is 0 Å². The first-order valence-corrected chi connectivity index (χ1v) is 1.91. The summed E-state index contributed by atoms with van der Waals surface area (Å²) in [5, 5.41) is 6.58. The Morgan fingerprint density at radius 2 is 1.86 bits per heavy atom. The molecule has 0 aromatic carbocycles. The van der Waals surface area contributed by atoms with Crippen LogP contribution in [-0.2, 0) is 9.47 Å². The van der Waals surface area contributed by atoms with Gasteiger partial charge in [-0.1, -0.05) is 0 Å². The smallest absolute Gasteiger partial charge is 0.192 e. The lowest BCUT2D eigenvalue weighted by Gasteiger charge is -2.03. The molecule has 0 saturated heterocycles. The molecule has 0 aliphatic heterocycles. The van der Waals surface area contributed by atoms with Crippen LogP contribution in [0.2, 0.25) is 0 Å². The molecule has 0 radical (unpaired) electrons. The van der Waals surface area contributed by atoms with Crippen molar-refractivity contribution in [3.63, 3.8) is 0 Å². The maximum atomic E-state index is 6.58. The summed E-state index contributed by atoms with van der Waals surface area (Å²) in [7, 11) is 2.97. The molecule has 7 heavy (non-hydrogen) atoms. The summed E-state index contributed by atoms with van der Waals surface area (Å²) in [5.74, 6) is 0. The fourth-order valence-corrected chi connectivity index (χ4v) is 0.232. The summed E-state index contributed by atoms with van der Waals surface area (Å²) >= 11 is 0. The van der Waals surface area contributed by atoms with Crippen LogP contribution >= 0.6 is 0 Å². The molecule has 0 aromatic heterocycles. The highest BCUT2D eigenvalue weighted by Crippen LogP contribution is 1.81. The van der Waals surface area contributed by atoms with Gasteiger partial charge in [-0.25, -0.2) is 0 Å². The van der Waals surface area contributed by atoms with Gasteiger partial charge in [0.2, 0.25) is 0 Å². The predicted octanol–water partition coefficient (Wildman–Crippen LogP) is 0.255. The number of methoxy groups -OCH3 is 2. The van der Waals surface area contributed by atoms with E-state index in [0.717, 1.165) is 6.21 Å². The van der Waals surface area contributed by atoms with Gasteiger partial charge in [-0.3, -0.25) is 0 Å². The van der Waals surface area contributed by atoms with Crippen molar-refractivity contribution in [3.8, 4) is 0 Å². The van der Waals surface area contributed by atoms with E-state index in [1.54, 1.807) is 0 Å². The zero-order chi connectivity index (χ0) is 5.70. The molecule has 0 aliphatic carbocycles. The zero-order valence-electron chi connectivity index (χ0n) is 4.47. The largest absolute Gasteiger partial charge is 0.351 e. The minimum Gasteiger partial charge on any atom is -0.351 e. The van der Waals surface area contributed by atoms with Crippen molar-refractivity contribution >= 4 is 6.21 Å². The third kappa shape index (κ3) is 2.31. The summed E-state index contributed by atoms with van der Waals surface area (Å²) in [5.41, 5.74) is 0. The summed E-state index contributed by atoms with van der Waals surface area (Å²) in [6, 6.07) is 0. The van der Waals surface area contributed by atoms with Gasteiger partial charge in [0.25, 0.3) is 0 Å². The van der Waals surface area contributed by atoms with E-state index in [1.807, 2.05) is 0 Å². The topological polar surface area (TPSA) is 42.3 Å². The maximum Gasteiger partial charge on any atom is 0.192 e. The van der Waals surface area contributed by atoms with Crippen molar-refractivity contribution in [2.75, 3.05) is 14.2 Å². The number of hydrogen-bond acceptors (Lipinski definition) is 3. The molecule has 0 amide bonds. The van der Waals surface area contributed by atoms with Gasteiger partial charge in [-0.15, -0.1) is 0 Å². The van der Waals surface area contributed by atoms with Gasteiger partial charge in [0.1, 0.15) is 0 Å². The molecule has 0 rings (SSSR count). The van der Waals surface area contributed by atoms with Crippen LogP contribution in [0.4, 0.5) is 0 Å². The lowest BCUT2D eigenvalue weighted by molar-refractivity contribution is -0.0488. The quantitative estimate of drug-likeness (QED) is 0.411. The van der Waals surface area contributed by atoms with Gasteiger partial charge < -0.3 is 14.9 Å². The SMILES string of the molecule is COC(C=N)OC. The zero-order valence-corrected chi connectivity index (χ0v) is 4.47. The molecule has 0 bridgehead atoms. The first-order chi connectivity index (χ1) is 3.35. The first-order valence-electron chi connectivity index (χ1n) is 1.91. The van der Waals surface area contributed by atoms with Gasteiger partial charge in [0, 0.05) is 14.2 Å². The van der Waals surface area contributed by atoms with E-state index in [2.05, 4.69) is 9.47 Å². The van der Waals surface area contributed by atoms with Gasteiger partial charge in [0.15, 0.2) is 6.29 Å². The van der Waals surface area contributed by atoms with E-state index >= 15 is 0 Å². The average molecular weight is 103 g/mol. The highest BCUT2D eigenvalue weighted by Gasteiger charge is 1.94. The first kappa shape index (κ1) is 6.59. The number of hydrogen-bond donors (Lipinski definition) is 1. The minimum absolute atomic E-state index is 0.472. The molecule has 42 valence electrons. The second-order valence-electron chi connectivity index (χ2n) is 1.01. The van der Waals surface area contributed by atoms with E-state index in [4.69, 9.17) is 5.41 Å². The summed E-state index contributed by atoms with van der Waals surface area (Å²) in [4.78, 5) is 0. The monoisotopic (exact) mass is 103 g/mol. The molecule has 0 saturated carbocycles. The highest BCUT2D eigenvalue weighted by molar-refractivity contribution is 5.56. The standard InChI is InChI=1S/C4H9NO2/c1-6-4(3-5)7-2/h3-5H,1-2H3. The Bertz CT molecular complexity index is 51.7. The molecular weight excluding hydrogens is 94.0 g/mol. The van der Waals surface area contributed by atoms with Gasteiger partial charge >= 0.3 is 0 Å². The van der Waals surface area contributed by atoms with Gasteiger partial charge in [-0.2, -0.15) is 0 Å². The van der Waals surface area contributed by atoms with Gasteiger partial charge in [-0.05, 0) is 0 Å². The van der Waals surface area contributed by atoms with Crippen molar-refractivity contribution in [2.24, 2.45) is 0 Å². The third-order valence-electron chi connectivity index (χ3n) is 0.601. The molecule has 0 unspecified atom stereocenters. The molecule has 3 nitrogen and oxygen atoms in total. The van der Waals surface area contributed by atoms with Crippen molar-refractivity contribution in [1.29, 1.82) is 5.41 Å². The Balaban J connectivity index is 3.16. The molecule has 3 heteroatoms. The molecule has 0 atom stereocenters. The van der Waals surface area contributed by atoms with Crippen molar-refractivity contribution in [3.05, 3.63) is 0 Å². The summed E-state index contributed by atoms with van der Waals surface area (Å²) in [6.45, 7) is 0. The Hall–Kier alpha value is -0.410. The van der Waals surface area contributed by atoms with Crippen LogP contribution in [0.5, 0.6) is 0 Å². The van der Waals surface area contributed by atoms with Crippen LogP contribution in [0, 0.1) is 5.41 Å². The highest BCUT2D eigenvalue weighted by atomic mass is 16.7. The van der Waals surface area contributed by atoms with Crippen molar-refractivity contribution < 1.29 is 9.47 Å². The molecule has 0 fully saturated rings. The average Bonchev–Trinajstić information content (AvgIpc) is 1.72. The van der Waals surface area contributed by atoms with Crippen LogP contribution in [0.3, 0.4) is 0 Å². The maximum absolute atomic E-state index is 6.58. The molecule has 1 N–H and O–H groups in total. The molecule has 0 spiro atoms. The van der Waals surface area contributed by atoms with E-state index in [1.165, 1.54) is 14.2 Å². The summed E-state index contributed by atoms with van der Waals surface area (Å²) < 4.78 is 9.17. The van der Waals surface area contributed by atoms with Crippen molar-refractivity contribution in [1.82, 2.24) is 0 Å². The van der Waals surface area contributed by atoms with Crippen LogP contribution in [0.1, 0.15) is 0 Å². The fraction of sp³-hybridized carbons (Fsp3) is 0.750. The lowest BCUT2D eigenvalue weighted by atomic mass is 10.7. The minimum atomic E-state index is -0.472. The van der Waals surface area contributed by atoms with Crippen LogP contribution in [0.15, 0.2) is 0 Å². The second kappa shape index (κ2) is 3.77. The Kier molecular flexibility index (Phi) is 3.55. The molecule has 0 aliphatic rings. The lowest BCUT2D eigenvalue weighted by Crippen LogP contribution is -2.12. The second-order valence-corrected chi connectivity index (χ2v) is 1.01. The normalized spacial score (nSPS) is 9.57. The van der Waals surface area contributed by atoms with E-state index in [-0.39, 0.29) is 0 Å². The predicted molar refractivity (Wildman–Crippen MR) is 26.6 cm³/mol. The molecule has 0 aromatic rings. The fourth-order valence-electron chi connectivity index (χ4n) is 0.232. The number of ether oxygens (including phenoxy) is 2. The number of rotatable bonds is 3. The Labute approximate surface area is 42.7 Å². The van der Waals surface area contributed by atoms with Crippen LogP contribution in [0.25, 0.3) is 0 Å².